The summed E-state index contributed by atoms with van der Waals surface area (Å²) < 4.78 is 0. The molecule has 0 atom stereocenters. The molecular weight excluding hydrogens is 256 g/mol. The second kappa shape index (κ2) is 6.98. The van der Waals surface area contributed by atoms with Crippen LogP contribution in [-0.2, 0) is 6.42 Å². The molecule has 0 bridgehead atoms. The van der Waals surface area contributed by atoms with Gasteiger partial charge in [-0.1, -0.05) is 24.3 Å². The average molecular weight is 278 g/mol. The summed E-state index contributed by atoms with van der Waals surface area (Å²) in [5.74, 6) is 0. The summed E-state index contributed by atoms with van der Waals surface area (Å²) in [4.78, 5) is 8.90. The fourth-order valence-corrected chi connectivity index (χ4v) is 2.13. The Balaban J connectivity index is 2.08. The lowest BCUT2D eigenvalue weighted by atomic mass is 10.0. The van der Waals surface area contributed by atoms with Crippen molar-refractivity contribution >= 4 is 22.8 Å². The van der Waals surface area contributed by atoms with Crippen LogP contribution in [0.2, 0.25) is 0 Å². The molecule has 0 unspecified atom stereocenters. The maximum absolute atomic E-state index is 4.45. The molecule has 2 heteroatoms. The molecule has 0 N–H and O–H groups in total. The Morgan fingerprint density at radius 3 is 1.24 bits per heavy atom. The fraction of sp³-hybridized carbons (Fsp3) is 0.263. The molecule has 108 valence electrons. The molecule has 0 amide bonds. The molecule has 2 aromatic rings. The molecule has 2 aromatic carbocycles. The van der Waals surface area contributed by atoms with E-state index in [0.717, 1.165) is 29.2 Å². The summed E-state index contributed by atoms with van der Waals surface area (Å²) in [5, 5.41) is 0. The van der Waals surface area contributed by atoms with Crippen molar-refractivity contribution in [2.75, 3.05) is 0 Å². The SMILES string of the molecule is CC(C)=Nc1ccc(Cc2ccc(N=C(C)C)cc2)cc1. The Labute approximate surface area is 127 Å². The highest BCUT2D eigenvalue weighted by Gasteiger charge is 1.98. The molecule has 0 radical (unpaired) electrons. The van der Waals surface area contributed by atoms with E-state index in [1.54, 1.807) is 0 Å². The maximum atomic E-state index is 4.45. The molecule has 0 saturated carbocycles. The molecule has 2 nitrogen and oxygen atoms in total. The van der Waals surface area contributed by atoms with Crippen LogP contribution in [-0.4, -0.2) is 11.4 Å². The number of hydrogen-bond donors (Lipinski definition) is 0. The van der Waals surface area contributed by atoms with Crippen LogP contribution >= 0.6 is 0 Å². The van der Waals surface area contributed by atoms with Crippen LogP contribution in [0.25, 0.3) is 0 Å². The summed E-state index contributed by atoms with van der Waals surface area (Å²) in [5.41, 5.74) is 6.77. The maximum Gasteiger partial charge on any atom is 0.0628 e. The first-order chi connectivity index (χ1) is 10.0. The molecular formula is C19H22N2. The van der Waals surface area contributed by atoms with Crippen LogP contribution < -0.4 is 0 Å². The second-order valence-electron chi connectivity index (χ2n) is 5.63. The van der Waals surface area contributed by atoms with Gasteiger partial charge in [-0.25, -0.2) is 0 Å². The van der Waals surface area contributed by atoms with E-state index in [2.05, 4.69) is 58.5 Å². The largest absolute Gasteiger partial charge is 0.258 e. The van der Waals surface area contributed by atoms with Crippen molar-refractivity contribution < 1.29 is 0 Å². The normalized spacial score (nSPS) is 10.1. The van der Waals surface area contributed by atoms with Crippen molar-refractivity contribution in [2.24, 2.45) is 9.98 Å². The fourth-order valence-electron chi connectivity index (χ4n) is 2.13. The van der Waals surface area contributed by atoms with Crippen LogP contribution in [0.5, 0.6) is 0 Å². The van der Waals surface area contributed by atoms with Crippen molar-refractivity contribution in [1.82, 2.24) is 0 Å². The first-order valence-electron chi connectivity index (χ1n) is 7.24. The smallest absolute Gasteiger partial charge is 0.0628 e. The molecule has 2 rings (SSSR count). The third kappa shape index (κ3) is 4.99. The molecule has 21 heavy (non-hydrogen) atoms. The highest BCUT2D eigenvalue weighted by Crippen LogP contribution is 2.18. The Morgan fingerprint density at radius 2 is 0.952 bits per heavy atom. The van der Waals surface area contributed by atoms with Gasteiger partial charge in [0.15, 0.2) is 0 Å². The molecule has 0 aliphatic carbocycles. The first kappa shape index (κ1) is 15.2. The van der Waals surface area contributed by atoms with Gasteiger partial charge in [0.1, 0.15) is 0 Å². The van der Waals surface area contributed by atoms with Gasteiger partial charge in [0, 0.05) is 11.4 Å². The molecule has 0 heterocycles. The summed E-state index contributed by atoms with van der Waals surface area (Å²) in [6.07, 6.45) is 0.935. The Bertz CT molecular complexity index is 579. The summed E-state index contributed by atoms with van der Waals surface area (Å²) in [6, 6.07) is 16.9. The quantitative estimate of drug-likeness (QED) is 0.659. The van der Waals surface area contributed by atoms with Gasteiger partial charge in [0.2, 0.25) is 0 Å². The van der Waals surface area contributed by atoms with Crippen molar-refractivity contribution in [1.29, 1.82) is 0 Å². The first-order valence-corrected chi connectivity index (χ1v) is 7.24. The van der Waals surface area contributed by atoms with Gasteiger partial charge in [-0.3, -0.25) is 9.98 Å². The van der Waals surface area contributed by atoms with Gasteiger partial charge in [0.05, 0.1) is 11.4 Å². The molecule has 0 saturated heterocycles. The van der Waals surface area contributed by atoms with Crippen LogP contribution in [0.1, 0.15) is 38.8 Å². The number of aliphatic imine (C=N–C) groups is 2. The van der Waals surface area contributed by atoms with Crippen LogP contribution in [0, 0.1) is 0 Å². The number of nitrogens with zero attached hydrogens (tertiary/aromatic N) is 2. The van der Waals surface area contributed by atoms with Gasteiger partial charge in [-0.15, -0.1) is 0 Å². The lowest BCUT2D eigenvalue weighted by Gasteiger charge is -2.04. The number of rotatable bonds is 4. The van der Waals surface area contributed by atoms with Crippen LogP contribution in [0.15, 0.2) is 58.5 Å². The Hall–Kier alpha value is -2.22. The topological polar surface area (TPSA) is 24.7 Å². The number of hydrogen-bond acceptors (Lipinski definition) is 2. The van der Waals surface area contributed by atoms with E-state index in [9.17, 15) is 0 Å². The molecule has 0 spiro atoms. The zero-order valence-corrected chi connectivity index (χ0v) is 13.2. The summed E-state index contributed by atoms with van der Waals surface area (Å²) in [7, 11) is 0. The monoisotopic (exact) mass is 278 g/mol. The summed E-state index contributed by atoms with van der Waals surface area (Å²) in [6.45, 7) is 8.04. The average Bonchev–Trinajstić information content (AvgIpc) is 2.42. The lowest BCUT2D eigenvalue weighted by molar-refractivity contribution is 1.19. The number of benzene rings is 2. The van der Waals surface area contributed by atoms with E-state index < -0.39 is 0 Å². The van der Waals surface area contributed by atoms with Gasteiger partial charge >= 0.3 is 0 Å². The van der Waals surface area contributed by atoms with Gasteiger partial charge in [-0.2, -0.15) is 0 Å². The van der Waals surface area contributed by atoms with Crippen molar-refractivity contribution in [3.8, 4) is 0 Å². The van der Waals surface area contributed by atoms with E-state index in [4.69, 9.17) is 0 Å². The molecule has 0 aromatic heterocycles. The van der Waals surface area contributed by atoms with Gasteiger partial charge < -0.3 is 0 Å². The van der Waals surface area contributed by atoms with Gasteiger partial charge in [-0.05, 0) is 69.5 Å². The second-order valence-corrected chi connectivity index (χ2v) is 5.63. The molecule has 0 aliphatic heterocycles. The van der Waals surface area contributed by atoms with E-state index in [1.165, 1.54) is 11.1 Å². The van der Waals surface area contributed by atoms with Crippen molar-refractivity contribution in [2.45, 2.75) is 34.1 Å². The van der Waals surface area contributed by atoms with E-state index in [-0.39, 0.29) is 0 Å². The molecule has 0 aliphatic rings. The highest BCUT2D eigenvalue weighted by atomic mass is 14.7. The third-order valence-corrected chi connectivity index (χ3v) is 2.99. The highest BCUT2D eigenvalue weighted by molar-refractivity contribution is 5.82. The van der Waals surface area contributed by atoms with E-state index in [1.807, 2.05) is 27.7 Å². The van der Waals surface area contributed by atoms with Crippen molar-refractivity contribution in [3.63, 3.8) is 0 Å². The predicted molar refractivity (Wildman–Crippen MR) is 92.6 cm³/mol. The molecule has 0 fully saturated rings. The van der Waals surface area contributed by atoms with Crippen LogP contribution in [0.4, 0.5) is 11.4 Å². The van der Waals surface area contributed by atoms with Crippen LogP contribution in [0.3, 0.4) is 0 Å². The van der Waals surface area contributed by atoms with E-state index >= 15 is 0 Å². The Morgan fingerprint density at radius 1 is 0.619 bits per heavy atom. The van der Waals surface area contributed by atoms with E-state index in [0.29, 0.717) is 0 Å². The third-order valence-electron chi connectivity index (χ3n) is 2.99. The standard InChI is InChI=1S/C19H22N2/c1-14(2)20-18-9-5-16(6-10-18)13-17-7-11-19(12-8-17)21-15(3)4/h5-12H,13H2,1-4H3. The minimum Gasteiger partial charge on any atom is -0.258 e. The minimum absolute atomic E-state index is 0.935. The van der Waals surface area contributed by atoms with Crippen molar-refractivity contribution in [3.05, 3.63) is 59.7 Å². The predicted octanol–water partition coefficient (Wildman–Crippen LogP) is 5.50. The Kier molecular flexibility index (Phi) is 5.04. The minimum atomic E-state index is 0.935. The zero-order valence-electron chi connectivity index (χ0n) is 13.2. The lowest BCUT2D eigenvalue weighted by Crippen LogP contribution is -1.87. The van der Waals surface area contributed by atoms with Gasteiger partial charge in [0.25, 0.3) is 0 Å². The summed E-state index contributed by atoms with van der Waals surface area (Å²) >= 11 is 0. The zero-order chi connectivity index (χ0) is 15.2.